The molecule has 0 aliphatic heterocycles. The van der Waals surface area contributed by atoms with E-state index in [0.29, 0.717) is 6.42 Å². The summed E-state index contributed by atoms with van der Waals surface area (Å²) in [5.41, 5.74) is 5.91. The van der Waals surface area contributed by atoms with Crippen LogP contribution in [0.3, 0.4) is 0 Å². The van der Waals surface area contributed by atoms with E-state index < -0.39 is 23.5 Å². The molecule has 1 atom stereocenters. The van der Waals surface area contributed by atoms with Crippen molar-refractivity contribution in [2.24, 2.45) is 5.73 Å². The molecule has 4 heteroatoms. The fourth-order valence-corrected chi connectivity index (χ4v) is 2.30. The molecule has 1 aromatic carbocycles. The molecule has 0 radical (unpaired) electrons. The normalized spacial score (nSPS) is 12.7. The highest BCUT2D eigenvalue weighted by atomic mass is 19.2. The molecule has 0 heterocycles. The van der Waals surface area contributed by atoms with Gasteiger partial charge in [0, 0.05) is 11.6 Å². The van der Waals surface area contributed by atoms with Crippen LogP contribution in [0.4, 0.5) is 13.2 Å². The van der Waals surface area contributed by atoms with E-state index in [1.54, 1.807) is 0 Å². The summed E-state index contributed by atoms with van der Waals surface area (Å²) in [7, 11) is 0. The molecule has 2 N–H and O–H groups in total. The molecule has 0 saturated carbocycles. The molecule has 0 aliphatic rings. The van der Waals surface area contributed by atoms with Crippen LogP contribution < -0.4 is 5.73 Å². The fourth-order valence-electron chi connectivity index (χ4n) is 2.30. The molecular weight excluding hydrogens is 263 g/mol. The van der Waals surface area contributed by atoms with Crippen LogP contribution in [-0.2, 0) is 0 Å². The van der Waals surface area contributed by atoms with Crippen molar-refractivity contribution in [2.75, 3.05) is 0 Å². The van der Waals surface area contributed by atoms with E-state index in [-0.39, 0.29) is 5.56 Å². The van der Waals surface area contributed by atoms with E-state index >= 15 is 0 Å². The van der Waals surface area contributed by atoms with E-state index in [9.17, 15) is 13.2 Å². The Morgan fingerprint density at radius 1 is 0.900 bits per heavy atom. The highest BCUT2D eigenvalue weighted by Crippen LogP contribution is 2.23. The first-order valence-electron chi connectivity index (χ1n) is 7.46. The van der Waals surface area contributed by atoms with E-state index in [4.69, 9.17) is 5.73 Å². The minimum absolute atomic E-state index is 0.0647. The lowest BCUT2D eigenvalue weighted by Crippen LogP contribution is -2.13. The second-order valence-electron chi connectivity index (χ2n) is 5.28. The van der Waals surface area contributed by atoms with Crippen LogP contribution in [0, 0.1) is 17.5 Å². The Kier molecular flexibility index (Phi) is 7.67. The second-order valence-corrected chi connectivity index (χ2v) is 5.28. The average Bonchev–Trinajstić information content (AvgIpc) is 2.43. The molecule has 114 valence electrons. The van der Waals surface area contributed by atoms with Crippen LogP contribution in [0.5, 0.6) is 0 Å². The van der Waals surface area contributed by atoms with Gasteiger partial charge < -0.3 is 5.73 Å². The van der Waals surface area contributed by atoms with Crippen LogP contribution >= 0.6 is 0 Å². The Morgan fingerprint density at radius 2 is 1.50 bits per heavy atom. The first-order chi connectivity index (χ1) is 9.57. The fraction of sp³-hybridized carbons (Fsp3) is 0.625. The maximum atomic E-state index is 13.5. The number of rotatable bonds is 9. The summed E-state index contributed by atoms with van der Waals surface area (Å²) >= 11 is 0. The summed E-state index contributed by atoms with van der Waals surface area (Å²) < 4.78 is 39.5. The van der Waals surface area contributed by atoms with Crippen LogP contribution in [0.2, 0.25) is 0 Å². The van der Waals surface area contributed by atoms with Crippen molar-refractivity contribution in [3.8, 4) is 0 Å². The summed E-state index contributed by atoms with van der Waals surface area (Å²) in [6.45, 7) is 2.18. The predicted octanol–water partition coefficient (Wildman–Crippen LogP) is 5.24. The summed E-state index contributed by atoms with van der Waals surface area (Å²) in [6.07, 6.45) is 8.61. The number of hydrogen-bond acceptors (Lipinski definition) is 1. The minimum atomic E-state index is -1.43. The van der Waals surface area contributed by atoms with Crippen LogP contribution in [0.25, 0.3) is 0 Å². The molecule has 20 heavy (non-hydrogen) atoms. The van der Waals surface area contributed by atoms with Crippen molar-refractivity contribution in [2.45, 2.75) is 64.3 Å². The van der Waals surface area contributed by atoms with Gasteiger partial charge in [-0.1, -0.05) is 57.9 Å². The van der Waals surface area contributed by atoms with Gasteiger partial charge in [-0.05, 0) is 12.5 Å². The standard InChI is InChI=1S/C16H24F3N/c1-2-3-4-5-6-7-8-9-14(20)12-10-11-13(17)16(19)15(12)18/h10-11,14H,2-9,20H2,1H3. The first kappa shape index (κ1) is 17.0. The van der Waals surface area contributed by atoms with Gasteiger partial charge >= 0.3 is 0 Å². The molecular formula is C16H24F3N. The van der Waals surface area contributed by atoms with Crippen molar-refractivity contribution >= 4 is 0 Å². The van der Waals surface area contributed by atoms with E-state index in [0.717, 1.165) is 25.3 Å². The lowest BCUT2D eigenvalue weighted by atomic mass is 9.99. The largest absolute Gasteiger partial charge is 0.324 e. The zero-order chi connectivity index (χ0) is 15.0. The monoisotopic (exact) mass is 287 g/mol. The Hall–Kier alpha value is -1.03. The van der Waals surface area contributed by atoms with Gasteiger partial charge in [-0.25, -0.2) is 13.2 Å². The summed E-state index contributed by atoms with van der Waals surface area (Å²) in [4.78, 5) is 0. The third-order valence-corrected chi connectivity index (χ3v) is 3.58. The van der Waals surface area contributed by atoms with Crippen molar-refractivity contribution in [1.82, 2.24) is 0 Å². The SMILES string of the molecule is CCCCCCCCCC(N)c1ccc(F)c(F)c1F. The zero-order valence-electron chi connectivity index (χ0n) is 12.1. The van der Waals surface area contributed by atoms with Crippen LogP contribution in [0.1, 0.15) is 69.9 Å². The van der Waals surface area contributed by atoms with Crippen LogP contribution in [-0.4, -0.2) is 0 Å². The molecule has 0 spiro atoms. The number of nitrogens with two attached hydrogens (primary N) is 1. The Balaban J connectivity index is 2.33. The minimum Gasteiger partial charge on any atom is -0.324 e. The van der Waals surface area contributed by atoms with Gasteiger partial charge in [0.05, 0.1) is 0 Å². The van der Waals surface area contributed by atoms with Gasteiger partial charge in [-0.15, -0.1) is 0 Å². The number of unbranched alkanes of at least 4 members (excludes halogenated alkanes) is 6. The third-order valence-electron chi connectivity index (χ3n) is 3.58. The number of benzene rings is 1. The molecule has 0 fully saturated rings. The average molecular weight is 287 g/mol. The summed E-state index contributed by atoms with van der Waals surface area (Å²) in [5, 5.41) is 0. The second kappa shape index (κ2) is 9.01. The van der Waals surface area contributed by atoms with Crippen LogP contribution in [0.15, 0.2) is 12.1 Å². The van der Waals surface area contributed by atoms with Crippen molar-refractivity contribution < 1.29 is 13.2 Å². The van der Waals surface area contributed by atoms with Crippen molar-refractivity contribution in [3.05, 3.63) is 35.1 Å². The third kappa shape index (κ3) is 5.16. The molecule has 0 saturated heterocycles. The number of halogens is 3. The van der Waals surface area contributed by atoms with Crippen molar-refractivity contribution in [1.29, 1.82) is 0 Å². The predicted molar refractivity (Wildman–Crippen MR) is 75.9 cm³/mol. The Bertz CT molecular complexity index is 407. The van der Waals surface area contributed by atoms with Crippen molar-refractivity contribution in [3.63, 3.8) is 0 Å². The molecule has 0 aromatic heterocycles. The maximum Gasteiger partial charge on any atom is 0.194 e. The Labute approximate surface area is 119 Å². The maximum absolute atomic E-state index is 13.5. The smallest absolute Gasteiger partial charge is 0.194 e. The van der Waals surface area contributed by atoms with Gasteiger partial charge in [-0.2, -0.15) is 0 Å². The van der Waals surface area contributed by atoms with Gasteiger partial charge in [0.15, 0.2) is 17.5 Å². The molecule has 1 rings (SSSR count). The van der Waals surface area contributed by atoms with Gasteiger partial charge in [0.25, 0.3) is 0 Å². The quantitative estimate of drug-likeness (QED) is 0.487. The van der Waals surface area contributed by atoms with Gasteiger partial charge in [0.1, 0.15) is 0 Å². The molecule has 1 nitrogen and oxygen atoms in total. The molecule has 0 amide bonds. The summed E-state index contributed by atoms with van der Waals surface area (Å²) in [6, 6.07) is 1.60. The topological polar surface area (TPSA) is 26.0 Å². The highest BCUT2D eigenvalue weighted by molar-refractivity contribution is 5.23. The molecule has 0 bridgehead atoms. The molecule has 0 aliphatic carbocycles. The molecule has 1 unspecified atom stereocenters. The van der Waals surface area contributed by atoms with E-state index in [1.807, 2.05) is 0 Å². The van der Waals surface area contributed by atoms with Gasteiger partial charge in [-0.3, -0.25) is 0 Å². The zero-order valence-corrected chi connectivity index (χ0v) is 12.1. The lowest BCUT2D eigenvalue weighted by Gasteiger charge is -2.13. The number of hydrogen-bond donors (Lipinski definition) is 1. The molecule has 1 aromatic rings. The first-order valence-corrected chi connectivity index (χ1v) is 7.46. The van der Waals surface area contributed by atoms with E-state index in [2.05, 4.69) is 6.92 Å². The van der Waals surface area contributed by atoms with E-state index in [1.165, 1.54) is 31.7 Å². The highest BCUT2D eigenvalue weighted by Gasteiger charge is 2.17. The lowest BCUT2D eigenvalue weighted by molar-refractivity contribution is 0.430. The van der Waals surface area contributed by atoms with Gasteiger partial charge in [0.2, 0.25) is 0 Å². The Morgan fingerprint density at radius 3 is 2.15 bits per heavy atom. The summed E-state index contributed by atoms with van der Waals surface area (Å²) in [5.74, 6) is -3.76.